The Bertz CT molecular complexity index is 477. The van der Waals surface area contributed by atoms with Crippen LogP contribution in [0.5, 0.6) is 0 Å². The molecule has 0 N–H and O–H groups in total. The van der Waals surface area contributed by atoms with Gasteiger partial charge in [-0.3, -0.25) is 0 Å². The zero-order valence-corrected chi connectivity index (χ0v) is 10.3. The molecule has 1 aromatic rings. The van der Waals surface area contributed by atoms with E-state index < -0.39 is 9.73 Å². The van der Waals surface area contributed by atoms with Crippen LogP contribution in [0.2, 0.25) is 5.02 Å². The van der Waals surface area contributed by atoms with Gasteiger partial charge in [-0.2, -0.15) is 4.36 Å². The number of rotatable bonds is 1. The molecule has 1 aromatic carbocycles. The van der Waals surface area contributed by atoms with Crippen LogP contribution in [0.25, 0.3) is 0 Å². The number of benzene rings is 1. The summed E-state index contributed by atoms with van der Waals surface area (Å²) in [5.41, 5.74) is 1.71. The Labute approximate surface area is 95.8 Å². The van der Waals surface area contributed by atoms with Crippen molar-refractivity contribution in [2.75, 3.05) is 11.5 Å². The molecule has 1 fully saturated rings. The van der Waals surface area contributed by atoms with E-state index in [2.05, 4.69) is 4.36 Å². The summed E-state index contributed by atoms with van der Waals surface area (Å²) in [4.78, 5) is 0. The molecule has 0 atom stereocenters. The van der Waals surface area contributed by atoms with Crippen molar-refractivity contribution in [3.8, 4) is 0 Å². The van der Waals surface area contributed by atoms with Gasteiger partial charge >= 0.3 is 0 Å². The van der Waals surface area contributed by atoms with Gasteiger partial charge in [-0.15, -0.1) is 0 Å². The van der Waals surface area contributed by atoms with Gasteiger partial charge in [0.05, 0.1) is 15.4 Å². The van der Waals surface area contributed by atoms with Crippen LogP contribution in [-0.4, -0.2) is 15.7 Å². The van der Waals surface area contributed by atoms with Crippen molar-refractivity contribution in [3.63, 3.8) is 0 Å². The molecule has 1 saturated heterocycles. The van der Waals surface area contributed by atoms with Crippen LogP contribution in [-0.2, 0) is 9.73 Å². The van der Waals surface area contributed by atoms with Crippen LogP contribution in [0.3, 0.4) is 0 Å². The van der Waals surface area contributed by atoms with E-state index in [1.165, 1.54) is 0 Å². The van der Waals surface area contributed by atoms with Gasteiger partial charge < -0.3 is 0 Å². The summed E-state index contributed by atoms with van der Waals surface area (Å²) in [5, 5.41) is 0.692. The van der Waals surface area contributed by atoms with Gasteiger partial charge in [-0.25, -0.2) is 4.21 Å². The molecule has 0 amide bonds. The van der Waals surface area contributed by atoms with Gasteiger partial charge in [0.25, 0.3) is 0 Å². The minimum Gasteiger partial charge on any atom is -0.249 e. The minimum absolute atomic E-state index is 0.692. The van der Waals surface area contributed by atoms with Crippen LogP contribution in [0.1, 0.15) is 18.4 Å². The molecule has 4 heteroatoms. The second kappa shape index (κ2) is 4.14. The Hall–Kier alpha value is -0.540. The van der Waals surface area contributed by atoms with Gasteiger partial charge in [-0.1, -0.05) is 17.7 Å². The Morgan fingerprint density at radius 3 is 2.67 bits per heavy atom. The maximum atomic E-state index is 12.2. The molecule has 0 unspecified atom stereocenters. The second-order valence-electron chi connectivity index (χ2n) is 3.86. The molecule has 1 aliphatic heterocycles. The third kappa shape index (κ3) is 2.34. The monoisotopic (exact) mass is 243 g/mol. The average Bonchev–Trinajstić information content (AvgIpc) is 2.60. The molecule has 2 rings (SSSR count). The topological polar surface area (TPSA) is 29.4 Å². The van der Waals surface area contributed by atoms with Crippen LogP contribution in [0, 0.1) is 6.92 Å². The van der Waals surface area contributed by atoms with E-state index in [-0.39, 0.29) is 0 Å². The minimum atomic E-state index is -1.98. The molecule has 82 valence electrons. The Kier molecular flexibility index (Phi) is 3.03. The first-order valence-electron chi connectivity index (χ1n) is 5.08. The van der Waals surface area contributed by atoms with Crippen molar-refractivity contribution in [3.05, 3.63) is 28.8 Å². The number of halogens is 1. The van der Waals surface area contributed by atoms with Crippen molar-refractivity contribution in [2.24, 2.45) is 4.36 Å². The van der Waals surface area contributed by atoms with Crippen molar-refractivity contribution >= 4 is 27.0 Å². The number of hydrogen-bond acceptors (Lipinski definition) is 2. The lowest BCUT2D eigenvalue weighted by atomic mass is 10.2. The van der Waals surface area contributed by atoms with Gasteiger partial charge in [0.15, 0.2) is 0 Å². The predicted molar refractivity (Wildman–Crippen MR) is 65.4 cm³/mol. The SMILES string of the molecule is Cc1c(Cl)cccc1N=S1(=O)CCCC1. The first-order valence-corrected chi connectivity index (χ1v) is 7.31. The molecule has 1 aliphatic rings. The van der Waals surface area contributed by atoms with Crippen molar-refractivity contribution in [2.45, 2.75) is 19.8 Å². The lowest BCUT2D eigenvalue weighted by molar-refractivity contribution is 0.681. The van der Waals surface area contributed by atoms with Crippen molar-refractivity contribution < 1.29 is 4.21 Å². The molecule has 0 radical (unpaired) electrons. The lowest BCUT2D eigenvalue weighted by Crippen LogP contribution is -1.99. The van der Waals surface area contributed by atoms with Crippen LogP contribution in [0.15, 0.2) is 22.6 Å². The number of hydrogen-bond donors (Lipinski definition) is 0. The van der Waals surface area contributed by atoms with Crippen LogP contribution >= 0.6 is 11.6 Å². The maximum absolute atomic E-state index is 12.2. The van der Waals surface area contributed by atoms with E-state index in [1.807, 2.05) is 25.1 Å². The largest absolute Gasteiger partial charge is 0.249 e. The fourth-order valence-electron chi connectivity index (χ4n) is 1.72. The fraction of sp³-hybridized carbons (Fsp3) is 0.455. The highest BCUT2D eigenvalue weighted by Crippen LogP contribution is 2.28. The van der Waals surface area contributed by atoms with E-state index in [1.54, 1.807) is 0 Å². The first-order chi connectivity index (χ1) is 7.11. The van der Waals surface area contributed by atoms with E-state index in [4.69, 9.17) is 11.6 Å². The standard InChI is InChI=1S/C11H14ClNOS/c1-9-10(12)5-4-6-11(9)13-15(14)7-2-3-8-15/h4-6H,2-3,7-8H2,1H3. The summed E-state index contributed by atoms with van der Waals surface area (Å²) in [7, 11) is -1.98. The summed E-state index contributed by atoms with van der Waals surface area (Å²) < 4.78 is 16.6. The first kappa shape index (κ1) is 11.0. The molecule has 0 aromatic heterocycles. The number of nitrogens with zero attached hydrogens (tertiary/aromatic N) is 1. The molecule has 2 nitrogen and oxygen atoms in total. The van der Waals surface area contributed by atoms with Crippen molar-refractivity contribution in [1.82, 2.24) is 0 Å². The normalized spacial score (nSPS) is 19.1. The van der Waals surface area contributed by atoms with Crippen molar-refractivity contribution in [1.29, 1.82) is 0 Å². The molecule has 0 aliphatic carbocycles. The smallest absolute Gasteiger partial charge is 0.0774 e. The van der Waals surface area contributed by atoms with E-state index in [0.29, 0.717) is 5.02 Å². The molecule has 1 heterocycles. The molecule has 0 spiro atoms. The van der Waals surface area contributed by atoms with E-state index >= 15 is 0 Å². The molecule has 15 heavy (non-hydrogen) atoms. The molecule has 0 saturated carbocycles. The zero-order chi connectivity index (χ0) is 10.9. The third-order valence-corrected chi connectivity index (χ3v) is 5.47. The highest BCUT2D eigenvalue weighted by Gasteiger charge is 2.16. The van der Waals surface area contributed by atoms with Gasteiger partial charge in [0.2, 0.25) is 0 Å². The fourth-order valence-corrected chi connectivity index (χ4v) is 4.15. The van der Waals surface area contributed by atoms with Gasteiger partial charge in [0.1, 0.15) is 0 Å². The summed E-state index contributed by atoms with van der Waals surface area (Å²) in [6.07, 6.45) is 2.06. The third-order valence-electron chi connectivity index (χ3n) is 2.68. The molecular formula is C11H14ClNOS. The highest BCUT2D eigenvalue weighted by molar-refractivity contribution is 7.93. The van der Waals surface area contributed by atoms with Gasteiger partial charge in [0, 0.05) is 16.5 Å². The zero-order valence-electron chi connectivity index (χ0n) is 8.70. The predicted octanol–water partition coefficient (Wildman–Crippen LogP) is 3.54. The Morgan fingerprint density at radius 2 is 2.00 bits per heavy atom. The summed E-state index contributed by atoms with van der Waals surface area (Å²) in [6, 6.07) is 5.56. The maximum Gasteiger partial charge on any atom is 0.0774 e. The van der Waals surface area contributed by atoms with E-state index in [0.717, 1.165) is 35.6 Å². The Balaban J connectivity index is 2.47. The lowest BCUT2D eigenvalue weighted by Gasteiger charge is -2.04. The van der Waals surface area contributed by atoms with Crippen LogP contribution in [0.4, 0.5) is 5.69 Å². The average molecular weight is 244 g/mol. The molecule has 0 bridgehead atoms. The van der Waals surface area contributed by atoms with Crippen LogP contribution < -0.4 is 0 Å². The second-order valence-corrected chi connectivity index (χ2v) is 6.81. The highest BCUT2D eigenvalue weighted by atomic mass is 35.5. The van der Waals surface area contributed by atoms with E-state index in [9.17, 15) is 4.21 Å². The quantitative estimate of drug-likeness (QED) is 0.742. The summed E-state index contributed by atoms with van der Waals surface area (Å²) in [5.74, 6) is 1.47. The molecular weight excluding hydrogens is 230 g/mol. The Morgan fingerprint density at radius 1 is 1.33 bits per heavy atom. The van der Waals surface area contributed by atoms with Gasteiger partial charge in [-0.05, 0) is 37.5 Å². The summed E-state index contributed by atoms with van der Waals surface area (Å²) >= 11 is 5.99. The summed E-state index contributed by atoms with van der Waals surface area (Å²) in [6.45, 7) is 1.92.